The molecule has 0 saturated heterocycles. The number of benzene rings is 1. The highest BCUT2D eigenvalue weighted by atomic mass is 32.1. The van der Waals surface area contributed by atoms with E-state index in [-0.39, 0.29) is 18.0 Å². The van der Waals surface area contributed by atoms with E-state index in [0.717, 1.165) is 16.9 Å². The van der Waals surface area contributed by atoms with Crippen LogP contribution >= 0.6 is 11.3 Å². The van der Waals surface area contributed by atoms with E-state index in [0.29, 0.717) is 28.4 Å². The van der Waals surface area contributed by atoms with Crippen molar-refractivity contribution in [2.45, 2.75) is 20.4 Å². The van der Waals surface area contributed by atoms with Gasteiger partial charge in [0, 0.05) is 6.07 Å². The van der Waals surface area contributed by atoms with Crippen LogP contribution in [0.5, 0.6) is 0 Å². The highest BCUT2D eigenvalue weighted by Gasteiger charge is 2.14. The number of likely N-dealkylation sites (N-methyl/N-ethyl adjacent to an activating group) is 1. The Balaban J connectivity index is 1.44. The first kappa shape index (κ1) is 20.0. The largest absolute Gasteiger partial charge is 0.309 e. The monoisotopic (exact) mass is 422 g/mol. The minimum Gasteiger partial charge on any atom is -0.309 e. The maximum atomic E-state index is 12.6. The number of aromatic nitrogens is 4. The van der Waals surface area contributed by atoms with Gasteiger partial charge in [0.25, 0.3) is 5.56 Å². The molecule has 0 bridgehead atoms. The molecule has 4 rings (SSSR count). The Morgan fingerprint density at radius 3 is 2.77 bits per heavy atom. The van der Waals surface area contributed by atoms with Crippen LogP contribution in [-0.4, -0.2) is 44.1 Å². The van der Waals surface area contributed by atoms with E-state index in [1.54, 1.807) is 16.6 Å². The van der Waals surface area contributed by atoms with Crippen molar-refractivity contribution < 1.29 is 4.79 Å². The molecule has 0 atom stereocenters. The smallest absolute Gasteiger partial charge is 0.268 e. The van der Waals surface area contributed by atoms with E-state index in [1.807, 2.05) is 55.6 Å². The summed E-state index contributed by atoms with van der Waals surface area (Å²) in [4.78, 5) is 33.8. The van der Waals surface area contributed by atoms with E-state index in [2.05, 4.69) is 20.4 Å². The summed E-state index contributed by atoms with van der Waals surface area (Å²) >= 11 is 1.36. The molecule has 0 saturated carbocycles. The number of fused-ring (bicyclic) bond motifs is 1. The number of aryl methyl sites for hydroxylation is 2. The maximum Gasteiger partial charge on any atom is 0.268 e. The fourth-order valence-corrected chi connectivity index (χ4v) is 3.93. The lowest BCUT2D eigenvalue weighted by atomic mass is 10.2. The molecule has 3 heterocycles. The van der Waals surface area contributed by atoms with Gasteiger partial charge in [-0.15, -0.1) is 11.3 Å². The molecular formula is C21H22N6O2S. The number of amides is 1. The van der Waals surface area contributed by atoms with E-state index < -0.39 is 0 Å². The number of H-pyrrole nitrogens is 1. The molecule has 30 heavy (non-hydrogen) atoms. The lowest BCUT2D eigenvalue weighted by molar-refractivity contribution is -0.117. The molecule has 0 aliphatic heterocycles. The number of hydrogen-bond acceptors (Lipinski definition) is 6. The number of carbonyl (C=O) groups is 1. The van der Waals surface area contributed by atoms with Crippen molar-refractivity contribution in [3.05, 3.63) is 69.2 Å². The maximum absolute atomic E-state index is 12.6. The zero-order valence-corrected chi connectivity index (χ0v) is 17.8. The zero-order chi connectivity index (χ0) is 21.3. The van der Waals surface area contributed by atoms with Gasteiger partial charge in [0.05, 0.1) is 30.0 Å². The Labute approximate surface area is 177 Å². The number of carbonyl (C=O) groups excluding carboxylic acids is 1. The first-order valence-corrected chi connectivity index (χ1v) is 10.4. The van der Waals surface area contributed by atoms with E-state index in [1.165, 1.54) is 11.3 Å². The molecule has 154 valence electrons. The molecule has 0 unspecified atom stereocenters. The summed E-state index contributed by atoms with van der Waals surface area (Å²) in [5.74, 6) is 0.965. The van der Waals surface area contributed by atoms with Crippen LogP contribution in [0.15, 0.2) is 46.6 Å². The van der Waals surface area contributed by atoms with Crippen molar-refractivity contribution >= 4 is 33.3 Å². The summed E-state index contributed by atoms with van der Waals surface area (Å²) in [7, 11) is 1.81. The molecular weight excluding hydrogens is 400 g/mol. The molecule has 2 N–H and O–H groups in total. The van der Waals surface area contributed by atoms with Crippen LogP contribution < -0.4 is 10.9 Å². The van der Waals surface area contributed by atoms with Crippen molar-refractivity contribution in [1.82, 2.24) is 24.6 Å². The number of anilines is 1. The fourth-order valence-electron chi connectivity index (χ4n) is 3.21. The second kappa shape index (κ2) is 8.21. The average Bonchev–Trinajstić information content (AvgIpc) is 3.29. The van der Waals surface area contributed by atoms with Gasteiger partial charge < -0.3 is 10.3 Å². The lowest BCUT2D eigenvalue weighted by Crippen LogP contribution is -2.31. The molecule has 0 aliphatic carbocycles. The summed E-state index contributed by atoms with van der Waals surface area (Å²) < 4.78 is 2.33. The van der Waals surface area contributed by atoms with Gasteiger partial charge in [-0.05, 0) is 44.5 Å². The lowest BCUT2D eigenvalue weighted by Gasteiger charge is -2.16. The average molecular weight is 423 g/mol. The van der Waals surface area contributed by atoms with Gasteiger partial charge in [-0.1, -0.05) is 17.7 Å². The van der Waals surface area contributed by atoms with Crippen LogP contribution in [0.25, 0.3) is 15.9 Å². The number of nitrogens with zero attached hydrogens (tertiary/aromatic N) is 4. The number of hydrogen-bond donors (Lipinski definition) is 2. The highest BCUT2D eigenvalue weighted by molar-refractivity contribution is 7.17. The van der Waals surface area contributed by atoms with Gasteiger partial charge >= 0.3 is 0 Å². The normalized spacial score (nSPS) is 11.3. The van der Waals surface area contributed by atoms with Crippen LogP contribution in [0.1, 0.15) is 17.1 Å². The minimum atomic E-state index is -0.176. The van der Waals surface area contributed by atoms with Crippen LogP contribution in [0.3, 0.4) is 0 Å². The van der Waals surface area contributed by atoms with Gasteiger partial charge in [-0.2, -0.15) is 5.10 Å². The van der Waals surface area contributed by atoms with Gasteiger partial charge in [0.1, 0.15) is 16.3 Å². The molecule has 0 fully saturated rings. The first-order chi connectivity index (χ1) is 14.4. The second-order valence-corrected chi connectivity index (χ2v) is 8.20. The summed E-state index contributed by atoms with van der Waals surface area (Å²) in [6.07, 6.45) is 0. The third-order valence-corrected chi connectivity index (χ3v) is 5.48. The van der Waals surface area contributed by atoms with Gasteiger partial charge in [0.15, 0.2) is 0 Å². The minimum absolute atomic E-state index is 0.142. The highest BCUT2D eigenvalue weighted by Crippen LogP contribution is 2.18. The van der Waals surface area contributed by atoms with Crippen molar-refractivity contribution in [1.29, 1.82) is 0 Å². The summed E-state index contributed by atoms with van der Waals surface area (Å²) in [5.41, 5.74) is 3.37. The van der Waals surface area contributed by atoms with Crippen molar-refractivity contribution in [2.75, 3.05) is 18.9 Å². The standard InChI is InChI=1S/C21H22N6O2S/c1-13-4-6-15(7-5-13)27-18(10-14(2)25-27)24-19(28)12-26(3)11-17-22-16-8-9-30-20(16)21(29)23-17/h4-10H,11-12H2,1-3H3,(H,24,28)(H,22,23,29). The van der Waals surface area contributed by atoms with Crippen LogP contribution in [0, 0.1) is 13.8 Å². The summed E-state index contributed by atoms with van der Waals surface area (Å²) in [6, 6.07) is 11.6. The molecule has 1 amide bonds. The number of rotatable bonds is 6. The molecule has 0 aliphatic rings. The predicted molar refractivity (Wildman–Crippen MR) is 118 cm³/mol. The molecule has 0 spiro atoms. The van der Waals surface area contributed by atoms with E-state index in [4.69, 9.17) is 0 Å². The third kappa shape index (κ3) is 4.32. The first-order valence-electron chi connectivity index (χ1n) is 9.47. The number of thiophene rings is 1. The molecule has 1 aromatic carbocycles. The number of nitrogens with one attached hydrogen (secondary N) is 2. The van der Waals surface area contributed by atoms with Crippen LogP contribution in [0.4, 0.5) is 5.82 Å². The molecule has 0 radical (unpaired) electrons. The predicted octanol–water partition coefficient (Wildman–Crippen LogP) is 2.86. The summed E-state index contributed by atoms with van der Waals surface area (Å²) in [6.45, 7) is 4.40. The Kier molecular flexibility index (Phi) is 5.47. The Bertz CT molecular complexity index is 1250. The Morgan fingerprint density at radius 2 is 2.00 bits per heavy atom. The second-order valence-electron chi connectivity index (χ2n) is 7.29. The molecule has 9 heteroatoms. The third-order valence-electron chi connectivity index (χ3n) is 4.57. The fraction of sp³-hybridized carbons (Fsp3) is 0.238. The van der Waals surface area contributed by atoms with Crippen molar-refractivity contribution in [3.63, 3.8) is 0 Å². The van der Waals surface area contributed by atoms with Gasteiger partial charge in [-0.25, -0.2) is 9.67 Å². The topological polar surface area (TPSA) is 95.9 Å². The molecule has 4 aromatic rings. The summed E-state index contributed by atoms with van der Waals surface area (Å²) in [5, 5.41) is 9.25. The van der Waals surface area contributed by atoms with Crippen molar-refractivity contribution in [2.24, 2.45) is 0 Å². The Hall–Kier alpha value is -3.30. The van der Waals surface area contributed by atoms with E-state index >= 15 is 0 Å². The van der Waals surface area contributed by atoms with Gasteiger partial charge in [-0.3, -0.25) is 14.5 Å². The van der Waals surface area contributed by atoms with E-state index in [9.17, 15) is 9.59 Å². The van der Waals surface area contributed by atoms with Crippen LogP contribution in [-0.2, 0) is 11.3 Å². The molecule has 3 aromatic heterocycles. The quantitative estimate of drug-likeness (QED) is 0.498. The van der Waals surface area contributed by atoms with Crippen molar-refractivity contribution in [3.8, 4) is 5.69 Å². The zero-order valence-electron chi connectivity index (χ0n) is 17.0. The SMILES string of the molecule is Cc1ccc(-n2nc(C)cc2NC(=O)CN(C)Cc2nc3ccsc3c(=O)[nH]2)cc1. The molecule has 8 nitrogen and oxygen atoms in total. The van der Waals surface area contributed by atoms with Gasteiger partial charge in [0.2, 0.25) is 5.91 Å². The number of aromatic amines is 1. The Morgan fingerprint density at radius 1 is 1.23 bits per heavy atom. The van der Waals surface area contributed by atoms with Crippen LogP contribution in [0.2, 0.25) is 0 Å².